The zero-order valence-corrected chi connectivity index (χ0v) is 20.3. The van der Waals surface area contributed by atoms with E-state index in [2.05, 4.69) is 0 Å². The molecule has 0 unspecified atom stereocenters. The first-order chi connectivity index (χ1) is 16.7. The molecule has 0 aliphatic carbocycles. The number of carboxylic acid groups (broad SMARTS) is 1. The third-order valence-electron chi connectivity index (χ3n) is 5.67. The molecule has 4 rings (SSSR count). The SMILES string of the molecule is CCc1cc(-c2ccccc2C(=O)[O-])c(S(=O)(=O)c2ccccc2)cc1S(=O)(=O)c1ccccc1. The summed E-state index contributed by atoms with van der Waals surface area (Å²) >= 11 is 0. The first-order valence-corrected chi connectivity index (χ1v) is 13.7. The van der Waals surface area contributed by atoms with Gasteiger partial charge in [0.15, 0.2) is 0 Å². The van der Waals surface area contributed by atoms with Gasteiger partial charge in [-0.2, -0.15) is 0 Å². The van der Waals surface area contributed by atoms with Crippen molar-refractivity contribution in [2.45, 2.75) is 32.9 Å². The standard InChI is InChI=1S/C27H22O6S2/c1-2-19-17-24(22-15-9-10-16-23(22)27(28)29)26(35(32,33)21-13-7-4-8-14-21)18-25(19)34(30,31)20-11-5-3-6-12-20/h3-18H,2H2,1H3,(H,28,29)/p-1. The second kappa shape index (κ2) is 9.48. The molecule has 0 atom stereocenters. The molecule has 4 aromatic rings. The van der Waals surface area contributed by atoms with E-state index in [1.54, 1.807) is 49.4 Å². The van der Waals surface area contributed by atoms with Crippen LogP contribution in [0.25, 0.3) is 11.1 Å². The van der Waals surface area contributed by atoms with Crippen molar-refractivity contribution in [2.24, 2.45) is 0 Å². The maximum atomic E-state index is 13.8. The van der Waals surface area contributed by atoms with E-state index in [9.17, 15) is 26.7 Å². The maximum Gasteiger partial charge on any atom is 0.207 e. The lowest BCUT2D eigenvalue weighted by Gasteiger charge is -2.19. The van der Waals surface area contributed by atoms with Gasteiger partial charge >= 0.3 is 0 Å². The lowest BCUT2D eigenvalue weighted by molar-refractivity contribution is -0.254. The highest BCUT2D eigenvalue weighted by Crippen LogP contribution is 2.38. The quantitative estimate of drug-likeness (QED) is 0.376. The fourth-order valence-electron chi connectivity index (χ4n) is 3.91. The van der Waals surface area contributed by atoms with Crippen LogP contribution < -0.4 is 5.11 Å². The highest BCUT2D eigenvalue weighted by molar-refractivity contribution is 7.92. The van der Waals surface area contributed by atoms with E-state index in [0.29, 0.717) is 5.56 Å². The Morgan fingerprint density at radius 1 is 0.657 bits per heavy atom. The molecule has 0 aliphatic rings. The number of rotatable bonds is 7. The van der Waals surface area contributed by atoms with Gasteiger partial charge in [0.1, 0.15) is 0 Å². The van der Waals surface area contributed by atoms with Gasteiger partial charge in [-0.15, -0.1) is 0 Å². The number of aromatic carboxylic acids is 1. The van der Waals surface area contributed by atoms with Crippen molar-refractivity contribution in [3.8, 4) is 11.1 Å². The third-order valence-corrected chi connectivity index (χ3v) is 9.33. The first kappa shape index (κ1) is 24.4. The number of hydrogen-bond donors (Lipinski definition) is 0. The largest absolute Gasteiger partial charge is 0.545 e. The fourth-order valence-corrected chi connectivity index (χ4v) is 7.08. The summed E-state index contributed by atoms with van der Waals surface area (Å²) in [5.74, 6) is -1.47. The summed E-state index contributed by atoms with van der Waals surface area (Å²) in [6.45, 7) is 1.75. The fraction of sp³-hybridized carbons (Fsp3) is 0.0741. The van der Waals surface area contributed by atoms with Crippen LogP contribution in [0.15, 0.2) is 117 Å². The molecule has 0 saturated carbocycles. The number of aryl methyl sites for hydroxylation is 1. The Morgan fingerprint density at radius 2 is 1.14 bits per heavy atom. The molecular weight excluding hydrogens is 484 g/mol. The van der Waals surface area contributed by atoms with Gasteiger partial charge in [-0.1, -0.05) is 67.6 Å². The summed E-state index contributed by atoms with van der Waals surface area (Å²) in [5, 5.41) is 11.8. The molecule has 6 nitrogen and oxygen atoms in total. The normalized spacial score (nSPS) is 11.8. The van der Waals surface area contributed by atoms with Crippen LogP contribution in [0, 0.1) is 0 Å². The number of benzene rings is 4. The van der Waals surface area contributed by atoms with Gasteiger partial charge in [0.2, 0.25) is 19.7 Å². The second-order valence-corrected chi connectivity index (χ2v) is 11.6. The van der Waals surface area contributed by atoms with Crippen molar-refractivity contribution >= 4 is 25.6 Å². The molecule has 0 fully saturated rings. The summed E-state index contributed by atoms with van der Waals surface area (Å²) in [6.07, 6.45) is 0.271. The van der Waals surface area contributed by atoms with E-state index >= 15 is 0 Å². The molecular formula is C27H21O6S2-. The van der Waals surface area contributed by atoms with Crippen LogP contribution in [0.4, 0.5) is 0 Å². The molecule has 0 heterocycles. The van der Waals surface area contributed by atoms with Crippen molar-refractivity contribution in [1.82, 2.24) is 0 Å². The Morgan fingerprint density at radius 3 is 1.66 bits per heavy atom. The lowest BCUT2D eigenvalue weighted by Crippen LogP contribution is -2.23. The van der Waals surface area contributed by atoms with E-state index in [-0.39, 0.29) is 42.7 Å². The minimum absolute atomic E-state index is 0.0284. The zero-order valence-electron chi connectivity index (χ0n) is 18.7. The van der Waals surface area contributed by atoms with Crippen LogP contribution in [-0.2, 0) is 26.1 Å². The van der Waals surface area contributed by atoms with Crippen LogP contribution in [0.5, 0.6) is 0 Å². The van der Waals surface area contributed by atoms with Crippen molar-refractivity contribution in [2.75, 3.05) is 0 Å². The van der Waals surface area contributed by atoms with Gasteiger partial charge in [-0.05, 0) is 53.9 Å². The van der Waals surface area contributed by atoms with Gasteiger partial charge < -0.3 is 9.90 Å². The molecule has 178 valence electrons. The summed E-state index contributed by atoms with van der Waals surface area (Å²) < 4.78 is 54.6. The molecule has 0 aromatic heterocycles. The topological polar surface area (TPSA) is 108 Å². The highest BCUT2D eigenvalue weighted by atomic mass is 32.2. The van der Waals surface area contributed by atoms with Crippen LogP contribution >= 0.6 is 0 Å². The molecule has 0 radical (unpaired) electrons. The number of sulfone groups is 2. The molecule has 0 bridgehead atoms. The number of carboxylic acids is 1. The van der Waals surface area contributed by atoms with E-state index in [1.807, 2.05) is 0 Å². The Kier molecular flexibility index (Phi) is 6.60. The minimum atomic E-state index is -4.23. The summed E-state index contributed by atoms with van der Waals surface area (Å²) in [7, 11) is -8.29. The van der Waals surface area contributed by atoms with Crippen molar-refractivity contribution < 1.29 is 26.7 Å². The summed E-state index contributed by atoms with van der Waals surface area (Å²) in [4.78, 5) is 11.4. The van der Waals surface area contributed by atoms with Crippen LogP contribution in [0.1, 0.15) is 22.8 Å². The van der Waals surface area contributed by atoms with Gasteiger partial charge in [-0.25, -0.2) is 16.8 Å². The smallest absolute Gasteiger partial charge is 0.207 e. The third kappa shape index (κ3) is 4.50. The van der Waals surface area contributed by atoms with E-state index in [1.165, 1.54) is 48.5 Å². The minimum Gasteiger partial charge on any atom is -0.545 e. The molecule has 8 heteroatoms. The molecule has 0 spiro atoms. The van der Waals surface area contributed by atoms with Gasteiger partial charge in [0.25, 0.3) is 0 Å². The molecule has 0 aliphatic heterocycles. The highest BCUT2D eigenvalue weighted by Gasteiger charge is 2.29. The van der Waals surface area contributed by atoms with Crippen LogP contribution in [-0.4, -0.2) is 22.8 Å². The Labute approximate surface area is 204 Å². The predicted octanol–water partition coefficient (Wildman–Crippen LogP) is 3.95. The average Bonchev–Trinajstić information content (AvgIpc) is 2.88. The second-order valence-electron chi connectivity index (χ2n) is 7.78. The van der Waals surface area contributed by atoms with Gasteiger partial charge in [-0.3, -0.25) is 0 Å². The molecule has 0 saturated heterocycles. The van der Waals surface area contributed by atoms with Crippen LogP contribution in [0.2, 0.25) is 0 Å². The zero-order chi connectivity index (χ0) is 25.2. The monoisotopic (exact) mass is 505 g/mol. The van der Waals surface area contributed by atoms with E-state index in [4.69, 9.17) is 0 Å². The van der Waals surface area contributed by atoms with Gasteiger partial charge in [0.05, 0.1) is 25.6 Å². The number of carbonyl (C=O) groups excluding carboxylic acids is 1. The van der Waals surface area contributed by atoms with E-state index in [0.717, 1.165) is 6.07 Å². The summed E-state index contributed by atoms with van der Waals surface area (Å²) in [5.41, 5.74) is 0.389. The van der Waals surface area contributed by atoms with Crippen molar-refractivity contribution in [1.29, 1.82) is 0 Å². The maximum absolute atomic E-state index is 13.8. The lowest BCUT2D eigenvalue weighted by atomic mass is 9.97. The Hall–Kier alpha value is -3.75. The molecule has 4 aromatic carbocycles. The first-order valence-electron chi connectivity index (χ1n) is 10.8. The Bertz CT molecular complexity index is 1610. The predicted molar refractivity (Wildman–Crippen MR) is 129 cm³/mol. The molecule has 35 heavy (non-hydrogen) atoms. The van der Waals surface area contributed by atoms with Crippen LogP contribution in [0.3, 0.4) is 0 Å². The molecule has 0 N–H and O–H groups in total. The number of carbonyl (C=O) groups is 1. The average molecular weight is 506 g/mol. The Balaban J connectivity index is 2.12. The summed E-state index contributed by atoms with van der Waals surface area (Å²) in [6, 6.07) is 23.8. The molecule has 0 amide bonds. The number of hydrogen-bond acceptors (Lipinski definition) is 6. The van der Waals surface area contributed by atoms with Crippen molar-refractivity contribution in [3.63, 3.8) is 0 Å². The van der Waals surface area contributed by atoms with Crippen molar-refractivity contribution in [3.05, 3.63) is 108 Å². The van der Waals surface area contributed by atoms with E-state index < -0.39 is 25.6 Å². The van der Waals surface area contributed by atoms with Gasteiger partial charge in [0, 0.05) is 11.1 Å².